The standard InChI is InChI=1S/C24H28N2O4S/c1-29-11-12-30-20-14-19-15-23(26-24(19)25-16-20)22(13-17-5-3-4-6-17)18-7-9-21(10-8-18)31(2,27)28/h7-10,13-17H,3-6,11-12H2,1-2H3,(H,25,26). The van der Waals surface area contributed by atoms with Crippen LogP contribution in [0.3, 0.4) is 0 Å². The number of H-pyrrole nitrogens is 1. The molecule has 0 saturated heterocycles. The molecule has 1 saturated carbocycles. The highest BCUT2D eigenvalue weighted by molar-refractivity contribution is 7.90. The lowest BCUT2D eigenvalue weighted by Crippen LogP contribution is -2.04. The Kier molecular flexibility index (Phi) is 6.43. The summed E-state index contributed by atoms with van der Waals surface area (Å²) in [7, 11) is -1.58. The quantitative estimate of drug-likeness (QED) is 0.517. The zero-order valence-corrected chi connectivity index (χ0v) is 18.7. The van der Waals surface area contributed by atoms with Crippen molar-refractivity contribution in [3.63, 3.8) is 0 Å². The molecule has 6 nitrogen and oxygen atoms in total. The van der Waals surface area contributed by atoms with Gasteiger partial charge in [0.25, 0.3) is 0 Å². The number of aromatic nitrogens is 2. The van der Waals surface area contributed by atoms with Crippen LogP contribution in [0, 0.1) is 5.92 Å². The number of nitrogens with zero attached hydrogens (tertiary/aromatic N) is 1. The summed E-state index contributed by atoms with van der Waals surface area (Å²) in [6.45, 7) is 0.995. The van der Waals surface area contributed by atoms with E-state index in [1.54, 1.807) is 25.4 Å². The Labute approximate surface area is 183 Å². The fraction of sp³-hybridized carbons (Fsp3) is 0.375. The number of ether oxygens (including phenoxy) is 2. The van der Waals surface area contributed by atoms with E-state index >= 15 is 0 Å². The number of methoxy groups -OCH3 is 1. The van der Waals surface area contributed by atoms with Crippen molar-refractivity contribution in [2.75, 3.05) is 26.6 Å². The minimum absolute atomic E-state index is 0.327. The van der Waals surface area contributed by atoms with Gasteiger partial charge in [0.1, 0.15) is 18.0 Å². The van der Waals surface area contributed by atoms with Crippen LogP contribution in [0.5, 0.6) is 5.75 Å². The molecule has 7 heteroatoms. The molecule has 1 N–H and O–H groups in total. The van der Waals surface area contributed by atoms with E-state index in [0.717, 1.165) is 27.9 Å². The highest BCUT2D eigenvalue weighted by atomic mass is 32.2. The highest BCUT2D eigenvalue weighted by Crippen LogP contribution is 2.33. The molecule has 0 unspecified atom stereocenters. The molecule has 2 aromatic heterocycles. The van der Waals surface area contributed by atoms with E-state index in [2.05, 4.69) is 22.1 Å². The molecule has 31 heavy (non-hydrogen) atoms. The summed E-state index contributed by atoms with van der Waals surface area (Å²) in [6.07, 6.45) is 10.1. The second-order valence-corrected chi connectivity index (χ2v) is 10.1. The number of aromatic amines is 1. The first kappa shape index (κ1) is 21.6. The van der Waals surface area contributed by atoms with E-state index in [4.69, 9.17) is 9.47 Å². The maximum atomic E-state index is 11.9. The largest absolute Gasteiger partial charge is 0.490 e. The van der Waals surface area contributed by atoms with Gasteiger partial charge in [0.2, 0.25) is 0 Å². The summed E-state index contributed by atoms with van der Waals surface area (Å²) in [6, 6.07) is 11.2. The van der Waals surface area contributed by atoms with Gasteiger partial charge in [0, 0.05) is 30.0 Å². The molecule has 0 aliphatic heterocycles. The first-order chi connectivity index (χ1) is 14.9. The topological polar surface area (TPSA) is 81.3 Å². The third kappa shape index (κ3) is 5.17. The maximum absolute atomic E-state index is 11.9. The molecule has 0 amide bonds. The van der Waals surface area contributed by atoms with Crippen molar-refractivity contribution in [2.24, 2.45) is 5.92 Å². The zero-order valence-electron chi connectivity index (χ0n) is 17.9. The normalized spacial score (nSPS) is 15.6. The number of pyridine rings is 1. The highest BCUT2D eigenvalue weighted by Gasteiger charge is 2.17. The number of fused-ring (bicyclic) bond motifs is 1. The Morgan fingerprint density at radius 2 is 1.90 bits per heavy atom. The van der Waals surface area contributed by atoms with Crippen molar-refractivity contribution in [1.29, 1.82) is 0 Å². The molecular formula is C24H28N2O4S. The van der Waals surface area contributed by atoms with Gasteiger partial charge in [-0.3, -0.25) is 0 Å². The summed E-state index contributed by atoms with van der Waals surface area (Å²) in [5.74, 6) is 1.23. The van der Waals surface area contributed by atoms with Crippen molar-refractivity contribution in [3.8, 4) is 5.75 Å². The number of benzene rings is 1. The Hall–Kier alpha value is -2.64. The molecule has 0 radical (unpaired) electrons. The zero-order chi connectivity index (χ0) is 21.8. The van der Waals surface area contributed by atoms with Gasteiger partial charge in [0.15, 0.2) is 9.84 Å². The van der Waals surface area contributed by atoms with Crippen molar-refractivity contribution in [3.05, 3.63) is 59.9 Å². The molecule has 1 aliphatic carbocycles. The number of hydrogen-bond acceptors (Lipinski definition) is 5. The second kappa shape index (κ2) is 9.24. The predicted molar refractivity (Wildman–Crippen MR) is 122 cm³/mol. The second-order valence-electron chi connectivity index (χ2n) is 8.05. The Balaban J connectivity index is 1.70. The number of nitrogens with one attached hydrogen (secondary N) is 1. The van der Waals surface area contributed by atoms with Gasteiger partial charge in [-0.25, -0.2) is 13.4 Å². The number of allylic oxidation sites excluding steroid dienone is 1. The van der Waals surface area contributed by atoms with Gasteiger partial charge in [-0.1, -0.05) is 31.1 Å². The summed E-state index contributed by atoms with van der Waals surface area (Å²) in [5, 5.41) is 0.968. The van der Waals surface area contributed by atoms with Crippen LogP contribution in [0.1, 0.15) is 36.9 Å². The molecule has 1 fully saturated rings. The Bertz CT molecular complexity index is 1170. The van der Waals surface area contributed by atoms with Gasteiger partial charge in [0.05, 0.1) is 17.7 Å². The van der Waals surface area contributed by atoms with Crippen molar-refractivity contribution >= 4 is 26.4 Å². The predicted octanol–water partition coefficient (Wildman–Crippen LogP) is 4.61. The molecule has 0 atom stereocenters. The minimum atomic E-state index is -3.23. The van der Waals surface area contributed by atoms with Gasteiger partial charge in [-0.05, 0) is 48.6 Å². The Morgan fingerprint density at radius 1 is 1.16 bits per heavy atom. The summed E-state index contributed by atoms with van der Waals surface area (Å²) < 4.78 is 34.4. The first-order valence-electron chi connectivity index (χ1n) is 10.6. The van der Waals surface area contributed by atoms with E-state index in [0.29, 0.717) is 29.8 Å². The minimum Gasteiger partial charge on any atom is -0.490 e. The van der Waals surface area contributed by atoms with Crippen LogP contribution in [-0.2, 0) is 14.6 Å². The van der Waals surface area contributed by atoms with Gasteiger partial charge in [-0.2, -0.15) is 0 Å². The van der Waals surface area contributed by atoms with Crippen molar-refractivity contribution < 1.29 is 17.9 Å². The van der Waals surface area contributed by atoms with E-state index in [1.165, 1.54) is 31.9 Å². The van der Waals surface area contributed by atoms with E-state index in [9.17, 15) is 8.42 Å². The van der Waals surface area contributed by atoms with E-state index in [1.807, 2.05) is 18.2 Å². The van der Waals surface area contributed by atoms with Crippen LogP contribution in [0.15, 0.2) is 53.6 Å². The van der Waals surface area contributed by atoms with Gasteiger partial charge < -0.3 is 14.5 Å². The molecule has 2 heterocycles. The molecule has 1 aromatic carbocycles. The van der Waals surface area contributed by atoms with Crippen LogP contribution in [0.2, 0.25) is 0 Å². The van der Waals surface area contributed by atoms with Gasteiger partial charge in [-0.15, -0.1) is 0 Å². The third-order valence-electron chi connectivity index (χ3n) is 5.69. The average Bonchev–Trinajstić information content (AvgIpc) is 3.41. The van der Waals surface area contributed by atoms with E-state index < -0.39 is 9.84 Å². The number of hydrogen-bond donors (Lipinski definition) is 1. The van der Waals surface area contributed by atoms with Crippen LogP contribution in [-0.4, -0.2) is 45.0 Å². The lowest BCUT2D eigenvalue weighted by atomic mass is 9.96. The average molecular weight is 441 g/mol. The fourth-order valence-corrected chi connectivity index (χ4v) is 4.68. The number of sulfone groups is 1. The molecule has 1 aliphatic rings. The maximum Gasteiger partial charge on any atom is 0.175 e. The SMILES string of the molecule is COCCOc1cnc2[nH]c(C(=CC3CCCC3)c3ccc(S(C)(=O)=O)cc3)cc2c1. The third-order valence-corrected chi connectivity index (χ3v) is 6.82. The summed E-state index contributed by atoms with van der Waals surface area (Å²) >= 11 is 0. The fourth-order valence-electron chi connectivity index (χ4n) is 4.05. The lowest BCUT2D eigenvalue weighted by Gasteiger charge is -2.11. The first-order valence-corrected chi connectivity index (χ1v) is 12.5. The molecule has 164 valence electrons. The van der Waals surface area contributed by atoms with Crippen molar-refractivity contribution in [1.82, 2.24) is 9.97 Å². The Morgan fingerprint density at radius 3 is 2.58 bits per heavy atom. The monoisotopic (exact) mass is 440 g/mol. The smallest absolute Gasteiger partial charge is 0.175 e. The van der Waals surface area contributed by atoms with Crippen molar-refractivity contribution in [2.45, 2.75) is 30.6 Å². The lowest BCUT2D eigenvalue weighted by molar-refractivity contribution is 0.146. The molecule has 0 spiro atoms. The molecule has 0 bridgehead atoms. The van der Waals surface area contributed by atoms with Crippen LogP contribution in [0.4, 0.5) is 0 Å². The van der Waals surface area contributed by atoms with Gasteiger partial charge >= 0.3 is 0 Å². The van der Waals surface area contributed by atoms with Crippen LogP contribution < -0.4 is 4.74 Å². The van der Waals surface area contributed by atoms with Crippen LogP contribution in [0.25, 0.3) is 16.6 Å². The molecule has 4 rings (SSSR count). The molecule has 3 aromatic rings. The molecular weight excluding hydrogens is 412 g/mol. The summed E-state index contributed by atoms with van der Waals surface area (Å²) in [5.41, 5.74) is 3.82. The van der Waals surface area contributed by atoms with E-state index in [-0.39, 0.29) is 0 Å². The van der Waals surface area contributed by atoms with Crippen LogP contribution >= 0.6 is 0 Å². The number of rotatable bonds is 8. The summed E-state index contributed by atoms with van der Waals surface area (Å²) in [4.78, 5) is 8.26.